The third kappa shape index (κ3) is 8.09. The average molecular weight is 502 g/mol. The third-order valence-corrected chi connectivity index (χ3v) is 7.17. The number of hydrogen-bond donors (Lipinski definition) is 1. The monoisotopic (exact) mass is 501 g/mol. The summed E-state index contributed by atoms with van der Waals surface area (Å²) in [7, 11) is -3.75. The maximum atomic E-state index is 13.7. The molecule has 0 heterocycles. The van der Waals surface area contributed by atoms with E-state index in [9.17, 15) is 18.0 Å². The molecule has 7 nitrogen and oxygen atoms in total. The number of rotatable bonds is 11. The van der Waals surface area contributed by atoms with Crippen LogP contribution >= 0.6 is 0 Å². The summed E-state index contributed by atoms with van der Waals surface area (Å²) in [6, 6.07) is 12.4. The standard InChI is InChI=1S/C27H39N3O4S/c1-8-22(6)28-27(32)25(9-2)29(17-23-12-10-19(3)11-13-23)26(31)18-30(35(7,33)34)24-15-20(4)14-21(5)16-24/h10-16,22,25H,8-9,17-18H2,1-7H3,(H,28,32). The van der Waals surface area contributed by atoms with E-state index in [0.717, 1.165) is 39.2 Å². The molecule has 2 aromatic rings. The number of sulfonamides is 1. The molecule has 0 fully saturated rings. The Balaban J connectivity index is 2.46. The van der Waals surface area contributed by atoms with Crippen LogP contribution in [0.3, 0.4) is 0 Å². The van der Waals surface area contributed by atoms with Crippen molar-refractivity contribution in [2.24, 2.45) is 0 Å². The number of amides is 2. The molecule has 0 spiro atoms. The molecule has 8 heteroatoms. The summed E-state index contributed by atoms with van der Waals surface area (Å²) in [5.74, 6) is -0.666. The first-order chi connectivity index (χ1) is 16.3. The first-order valence-corrected chi connectivity index (χ1v) is 13.9. The van der Waals surface area contributed by atoms with E-state index in [1.807, 2.05) is 71.9 Å². The second kappa shape index (κ2) is 12.2. The SMILES string of the molecule is CCC(C)NC(=O)C(CC)N(Cc1ccc(C)cc1)C(=O)CN(c1cc(C)cc(C)c1)S(C)(=O)=O. The van der Waals surface area contributed by atoms with Crippen LogP contribution in [0.2, 0.25) is 0 Å². The van der Waals surface area contributed by atoms with E-state index in [4.69, 9.17) is 0 Å². The number of carbonyl (C=O) groups excluding carboxylic acids is 2. The minimum absolute atomic E-state index is 0.0318. The molecule has 0 saturated carbocycles. The van der Waals surface area contributed by atoms with Crippen molar-refractivity contribution >= 4 is 27.5 Å². The Morgan fingerprint density at radius 2 is 1.49 bits per heavy atom. The summed E-state index contributed by atoms with van der Waals surface area (Å²) in [5.41, 5.74) is 4.20. The number of nitrogens with one attached hydrogen (secondary N) is 1. The van der Waals surface area contributed by atoms with Gasteiger partial charge >= 0.3 is 0 Å². The van der Waals surface area contributed by atoms with Gasteiger partial charge in [-0.05, 0) is 69.4 Å². The van der Waals surface area contributed by atoms with E-state index < -0.39 is 22.0 Å². The minimum atomic E-state index is -3.75. The number of benzene rings is 2. The van der Waals surface area contributed by atoms with Gasteiger partial charge in [0.1, 0.15) is 12.6 Å². The van der Waals surface area contributed by atoms with E-state index in [1.165, 1.54) is 4.90 Å². The van der Waals surface area contributed by atoms with Crippen molar-refractivity contribution in [3.63, 3.8) is 0 Å². The second-order valence-corrected chi connectivity index (χ2v) is 11.3. The van der Waals surface area contributed by atoms with Crippen LogP contribution in [-0.2, 0) is 26.2 Å². The zero-order valence-electron chi connectivity index (χ0n) is 22.0. The van der Waals surface area contributed by atoms with Crippen molar-refractivity contribution in [1.29, 1.82) is 0 Å². The Morgan fingerprint density at radius 1 is 0.914 bits per heavy atom. The molecule has 2 amide bonds. The summed E-state index contributed by atoms with van der Waals surface area (Å²) < 4.78 is 26.6. The largest absolute Gasteiger partial charge is 0.352 e. The van der Waals surface area contributed by atoms with Gasteiger partial charge in [-0.3, -0.25) is 13.9 Å². The first-order valence-electron chi connectivity index (χ1n) is 12.1. The fraction of sp³-hybridized carbons (Fsp3) is 0.481. The molecule has 2 atom stereocenters. The Morgan fingerprint density at radius 3 is 1.97 bits per heavy atom. The predicted molar refractivity (Wildman–Crippen MR) is 142 cm³/mol. The van der Waals surface area contributed by atoms with Gasteiger partial charge in [-0.15, -0.1) is 0 Å². The van der Waals surface area contributed by atoms with Gasteiger partial charge in [-0.1, -0.05) is 49.7 Å². The van der Waals surface area contributed by atoms with Crippen LogP contribution in [0.1, 0.15) is 55.9 Å². The number of nitrogens with zero attached hydrogens (tertiary/aromatic N) is 2. The highest BCUT2D eigenvalue weighted by molar-refractivity contribution is 7.92. The van der Waals surface area contributed by atoms with Crippen LogP contribution in [0.25, 0.3) is 0 Å². The van der Waals surface area contributed by atoms with Crippen molar-refractivity contribution in [2.75, 3.05) is 17.1 Å². The minimum Gasteiger partial charge on any atom is -0.352 e. The first kappa shape index (κ1) is 28.4. The van der Waals surface area contributed by atoms with Gasteiger partial charge in [0.2, 0.25) is 21.8 Å². The summed E-state index contributed by atoms with van der Waals surface area (Å²) in [4.78, 5) is 28.4. The Labute approximate surface area is 210 Å². The van der Waals surface area contributed by atoms with Gasteiger partial charge in [0.25, 0.3) is 0 Å². The molecule has 35 heavy (non-hydrogen) atoms. The molecule has 0 saturated heterocycles. The van der Waals surface area contributed by atoms with Crippen LogP contribution in [0.15, 0.2) is 42.5 Å². The van der Waals surface area contributed by atoms with Crippen molar-refractivity contribution in [1.82, 2.24) is 10.2 Å². The molecule has 0 aromatic heterocycles. The highest BCUT2D eigenvalue weighted by atomic mass is 32.2. The Bertz CT molecular complexity index is 1110. The predicted octanol–water partition coefficient (Wildman–Crippen LogP) is 4.10. The van der Waals surface area contributed by atoms with Gasteiger partial charge in [0.15, 0.2) is 0 Å². The fourth-order valence-electron chi connectivity index (χ4n) is 3.96. The molecule has 2 unspecified atom stereocenters. The topological polar surface area (TPSA) is 86.8 Å². The maximum absolute atomic E-state index is 13.7. The second-order valence-electron chi connectivity index (χ2n) is 9.36. The Kier molecular flexibility index (Phi) is 9.89. The third-order valence-electron chi connectivity index (χ3n) is 6.03. The zero-order valence-corrected chi connectivity index (χ0v) is 22.8. The maximum Gasteiger partial charge on any atom is 0.244 e. The van der Waals surface area contributed by atoms with E-state index in [1.54, 1.807) is 12.1 Å². The van der Waals surface area contributed by atoms with Crippen molar-refractivity contribution < 1.29 is 18.0 Å². The van der Waals surface area contributed by atoms with Gasteiger partial charge in [-0.25, -0.2) is 8.42 Å². The molecule has 0 bridgehead atoms. The highest BCUT2D eigenvalue weighted by Gasteiger charge is 2.32. The average Bonchev–Trinajstić information content (AvgIpc) is 2.76. The normalized spacial score (nSPS) is 13.1. The van der Waals surface area contributed by atoms with E-state index in [0.29, 0.717) is 12.1 Å². The fourth-order valence-corrected chi connectivity index (χ4v) is 4.79. The van der Waals surface area contributed by atoms with E-state index >= 15 is 0 Å². The molecule has 0 aliphatic carbocycles. The van der Waals surface area contributed by atoms with Crippen LogP contribution < -0.4 is 9.62 Å². The lowest BCUT2D eigenvalue weighted by molar-refractivity contribution is -0.140. The van der Waals surface area contributed by atoms with Gasteiger partial charge in [0, 0.05) is 12.6 Å². The lowest BCUT2D eigenvalue weighted by Crippen LogP contribution is -2.53. The molecule has 192 valence electrons. The lowest BCUT2D eigenvalue weighted by atomic mass is 10.1. The highest BCUT2D eigenvalue weighted by Crippen LogP contribution is 2.22. The van der Waals surface area contributed by atoms with Crippen molar-refractivity contribution in [3.05, 3.63) is 64.7 Å². The van der Waals surface area contributed by atoms with E-state index in [2.05, 4.69) is 5.32 Å². The number of anilines is 1. The molecular formula is C27H39N3O4S. The summed E-state index contributed by atoms with van der Waals surface area (Å²) in [6.45, 7) is 11.3. The zero-order chi connectivity index (χ0) is 26.3. The molecule has 1 N–H and O–H groups in total. The van der Waals surface area contributed by atoms with Crippen LogP contribution in [0.5, 0.6) is 0 Å². The number of aryl methyl sites for hydroxylation is 3. The molecule has 0 aliphatic rings. The van der Waals surface area contributed by atoms with Crippen LogP contribution in [0.4, 0.5) is 5.69 Å². The molecule has 2 rings (SSSR count). The molecule has 0 radical (unpaired) electrons. The summed E-state index contributed by atoms with van der Waals surface area (Å²) in [6.07, 6.45) is 2.26. The lowest BCUT2D eigenvalue weighted by Gasteiger charge is -2.33. The Hall–Kier alpha value is -2.87. The molecule has 2 aromatic carbocycles. The number of hydrogen-bond acceptors (Lipinski definition) is 4. The van der Waals surface area contributed by atoms with Crippen LogP contribution in [0, 0.1) is 20.8 Å². The van der Waals surface area contributed by atoms with Gasteiger partial charge in [-0.2, -0.15) is 0 Å². The quantitative estimate of drug-likeness (QED) is 0.502. The molecule has 0 aliphatic heterocycles. The van der Waals surface area contributed by atoms with Crippen molar-refractivity contribution in [2.45, 2.75) is 73.0 Å². The molecular weight excluding hydrogens is 462 g/mol. The smallest absolute Gasteiger partial charge is 0.244 e. The summed E-state index contributed by atoms with van der Waals surface area (Å²) in [5, 5.41) is 2.98. The van der Waals surface area contributed by atoms with Crippen LogP contribution in [-0.4, -0.2) is 50.0 Å². The van der Waals surface area contributed by atoms with E-state index in [-0.39, 0.29) is 25.0 Å². The van der Waals surface area contributed by atoms with Gasteiger partial charge in [0.05, 0.1) is 11.9 Å². The van der Waals surface area contributed by atoms with Gasteiger partial charge < -0.3 is 10.2 Å². The number of carbonyl (C=O) groups is 2. The van der Waals surface area contributed by atoms with Crippen molar-refractivity contribution in [3.8, 4) is 0 Å². The summed E-state index contributed by atoms with van der Waals surface area (Å²) >= 11 is 0.